The van der Waals surface area contributed by atoms with Crippen molar-refractivity contribution in [2.75, 3.05) is 11.9 Å². The lowest BCUT2D eigenvalue weighted by Crippen LogP contribution is -2.38. The van der Waals surface area contributed by atoms with Crippen LogP contribution in [0.3, 0.4) is 0 Å². The Kier molecular flexibility index (Phi) is 7.24. The van der Waals surface area contributed by atoms with Crippen molar-refractivity contribution >= 4 is 39.1 Å². The monoisotopic (exact) mass is 346 g/mol. The van der Waals surface area contributed by atoms with E-state index in [1.54, 1.807) is 6.07 Å². The Morgan fingerprint density at radius 1 is 1.42 bits per heavy atom. The molecular weight excluding hydrogens is 328 g/mol. The standard InChI is InChI=1S/C14H20BrClN2O/c1-3-4-5-8-17-14(19)10(2)18-13-9-11(15)6-7-12(13)16/h6-7,9-10,18H,3-5,8H2,1-2H3,(H,17,19). The maximum Gasteiger partial charge on any atom is 0.242 e. The summed E-state index contributed by atoms with van der Waals surface area (Å²) in [5.41, 5.74) is 0.757. The smallest absolute Gasteiger partial charge is 0.242 e. The third-order valence-corrected chi connectivity index (χ3v) is 3.60. The average Bonchev–Trinajstić information content (AvgIpc) is 2.38. The topological polar surface area (TPSA) is 41.1 Å². The molecule has 1 rings (SSSR count). The van der Waals surface area contributed by atoms with Gasteiger partial charge in [0.05, 0.1) is 10.7 Å². The number of hydrogen-bond donors (Lipinski definition) is 2. The number of unbranched alkanes of at least 4 members (excludes halogenated alkanes) is 2. The van der Waals surface area contributed by atoms with Gasteiger partial charge < -0.3 is 10.6 Å². The van der Waals surface area contributed by atoms with E-state index in [9.17, 15) is 4.79 Å². The second-order valence-electron chi connectivity index (χ2n) is 4.49. The van der Waals surface area contributed by atoms with Gasteiger partial charge >= 0.3 is 0 Å². The molecule has 3 nitrogen and oxygen atoms in total. The lowest BCUT2D eigenvalue weighted by Gasteiger charge is -2.16. The Hall–Kier alpha value is -0.740. The van der Waals surface area contributed by atoms with Crippen LogP contribution in [0.25, 0.3) is 0 Å². The quantitative estimate of drug-likeness (QED) is 0.725. The summed E-state index contributed by atoms with van der Waals surface area (Å²) < 4.78 is 0.926. The van der Waals surface area contributed by atoms with E-state index in [0.717, 1.165) is 36.0 Å². The highest BCUT2D eigenvalue weighted by atomic mass is 79.9. The van der Waals surface area contributed by atoms with Crippen LogP contribution in [0.5, 0.6) is 0 Å². The maximum atomic E-state index is 11.9. The van der Waals surface area contributed by atoms with Gasteiger partial charge in [0, 0.05) is 11.0 Å². The fourth-order valence-electron chi connectivity index (χ4n) is 1.65. The molecule has 0 spiro atoms. The van der Waals surface area contributed by atoms with Gasteiger partial charge in [0.15, 0.2) is 0 Å². The lowest BCUT2D eigenvalue weighted by atomic mass is 10.2. The Morgan fingerprint density at radius 2 is 2.16 bits per heavy atom. The average molecular weight is 348 g/mol. The van der Waals surface area contributed by atoms with Crippen LogP contribution in [0.1, 0.15) is 33.1 Å². The molecule has 1 unspecified atom stereocenters. The van der Waals surface area contributed by atoms with Crippen molar-refractivity contribution in [2.24, 2.45) is 0 Å². The number of halogens is 2. The maximum absolute atomic E-state index is 11.9. The predicted octanol–water partition coefficient (Wildman–Crippen LogP) is 4.21. The van der Waals surface area contributed by atoms with E-state index in [2.05, 4.69) is 33.5 Å². The first kappa shape index (κ1) is 16.3. The number of benzene rings is 1. The van der Waals surface area contributed by atoms with Gasteiger partial charge in [0.1, 0.15) is 6.04 Å². The van der Waals surface area contributed by atoms with Gasteiger partial charge in [-0.1, -0.05) is 47.3 Å². The Morgan fingerprint density at radius 3 is 2.84 bits per heavy atom. The van der Waals surface area contributed by atoms with Crippen LogP contribution in [0.15, 0.2) is 22.7 Å². The molecule has 0 saturated heterocycles. The van der Waals surface area contributed by atoms with Crippen molar-refractivity contribution in [3.05, 3.63) is 27.7 Å². The second-order valence-corrected chi connectivity index (χ2v) is 5.81. The normalized spacial score (nSPS) is 12.0. The Bertz CT molecular complexity index is 426. The zero-order valence-electron chi connectivity index (χ0n) is 11.3. The van der Waals surface area contributed by atoms with E-state index in [1.165, 1.54) is 0 Å². The summed E-state index contributed by atoms with van der Waals surface area (Å²) in [6.45, 7) is 4.69. The number of carbonyl (C=O) groups is 1. The number of carbonyl (C=O) groups excluding carboxylic acids is 1. The molecule has 0 aliphatic heterocycles. The molecule has 0 radical (unpaired) electrons. The fourth-order valence-corrected chi connectivity index (χ4v) is 2.18. The van der Waals surface area contributed by atoms with Gasteiger partial charge in [0.25, 0.3) is 0 Å². The van der Waals surface area contributed by atoms with E-state index in [1.807, 2.05) is 19.1 Å². The first-order chi connectivity index (χ1) is 9.04. The van der Waals surface area contributed by atoms with Crippen LogP contribution in [-0.2, 0) is 4.79 Å². The Labute approximate surface area is 128 Å². The highest BCUT2D eigenvalue weighted by Crippen LogP contribution is 2.26. The number of hydrogen-bond acceptors (Lipinski definition) is 2. The summed E-state index contributed by atoms with van der Waals surface area (Å²) in [5, 5.41) is 6.64. The summed E-state index contributed by atoms with van der Waals surface area (Å²) >= 11 is 9.46. The van der Waals surface area contributed by atoms with Gasteiger partial charge in [-0.2, -0.15) is 0 Å². The minimum atomic E-state index is -0.312. The van der Waals surface area contributed by atoms with E-state index >= 15 is 0 Å². The van der Waals surface area contributed by atoms with Gasteiger partial charge in [-0.25, -0.2) is 0 Å². The number of rotatable bonds is 7. The third kappa shape index (κ3) is 5.83. The second kappa shape index (κ2) is 8.43. The molecule has 2 N–H and O–H groups in total. The zero-order chi connectivity index (χ0) is 14.3. The summed E-state index contributed by atoms with van der Waals surface area (Å²) in [4.78, 5) is 11.9. The van der Waals surface area contributed by atoms with E-state index in [-0.39, 0.29) is 11.9 Å². The van der Waals surface area contributed by atoms with Crippen molar-refractivity contribution in [3.8, 4) is 0 Å². The molecule has 1 atom stereocenters. The molecule has 0 bridgehead atoms. The molecule has 19 heavy (non-hydrogen) atoms. The number of nitrogens with one attached hydrogen (secondary N) is 2. The third-order valence-electron chi connectivity index (χ3n) is 2.77. The van der Waals surface area contributed by atoms with Crippen molar-refractivity contribution in [3.63, 3.8) is 0 Å². The van der Waals surface area contributed by atoms with Gasteiger partial charge in [-0.05, 0) is 31.5 Å². The molecule has 0 aliphatic rings. The summed E-state index contributed by atoms with van der Waals surface area (Å²) in [6.07, 6.45) is 3.31. The molecule has 0 fully saturated rings. The molecule has 0 saturated carbocycles. The first-order valence-electron chi connectivity index (χ1n) is 6.54. The van der Waals surface area contributed by atoms with Crippen LogP contribution in [0.4, 0.5) is 5.69 Å². The van der Waals surface area contributed by atoms with Crippen molar-refractivity contribution in [2.45, 2.75) is 39.2 Å². The van der Waals surface area contributed by atoms with Gasteiger partial charge in [-0.15, -0.1) is 0 Å². The van der Waals surface area contributed by atoms with Crippen LogP contribution in [0, 0.1) is 0 Å². The summed E-state index contributed by atoms with van der Waals surface area (Å²) in [6, 6.07) is 5.21. The zero-order valence-corrected chi connectivity index (χ0v) is 13.6. The van der Waals surface area contributed by atoms with Crippen molar-refractivity contribution in [1.29, 1.82) is 0 Å². The SMILES string of the molecule is CCCCCNC(=O)C(C)Nc1cc(Br)ccc1Cl. The van der Waals surface area contributed by atoms with E-state index in [0.29, 0.717) is 5.02 Å². The van der Waals surface area contributed by atoms with E-state index < -0.39 is 0 Å². The van der Waals surface area contributed by atoms with Crippen molar-refractivity contribution < 1.29 is 4.79 Å². The van der Waals surface area contributed by atoms with Gasteiger partial charge in [0.2, 0.25) is 5.91 Å². The highest BCUT2D eigenvalue weighted by Gasteiger charge is 2.13. The molecule has 0 heterocycles. The summed E-state index contributed by atoms with van der Waals surface area (Å²) in [5.74, 6) is -0.00727. The molecule has 106 valence electrons. The van der Waals surface area contributed by atoms with Gasteiger partial charge in [-0.3, -0.25) is 4.79 Å². The molecule has 5 heteroatoms. The minimum Gasteiger partial charge on any atom is -0.373 e. The fraction of sp³-hybridized carbons (Fsp3) is 0.500. The van der Waals surface area contributed by atoms with Crippen LogP contribution in [0.2, 0.25) is 5.02 Å². The Balaban J connectivity index is 2.47. The summed E-state index contributed by atoms with van der Waals surface area (Å²) in [7, 11) is 0. The molecule has 1 aromatic carbocycles. The number of amides is 1. The highest BCUT2D eigenvalue weighted by molar-refractivity contribution is 9.10. The molecule has 0 aliphatic carbocycles. The first-order valence-corrected chi connectivity index (χ1v) is 7.71. The van der Waals surface area contributed by atoms with Crippen LogP contribution in [-0.4, -0.2) is 18.5 Å². The predicted molar refractivity (Wildman–Crippen MR) is 84.8 cm³/mol. The van der Waals surface area contributed by atoms with E-state index in [4.69, 9.17) is 11.6 Å². The largest absolute Gasteiger partial charge is 0.373 e. The molecule has 1 amide bonds. The van der Waals surface area contributed by atoms with Crippen molar-refractivity contribution in [1.82, 2.24) is 5.32 Å². The molecule has 0 aromatic heterocycles. The van der Waals surface area contributed by atoms with Crippen LogP contribution >= 0.6 is 27.5 Å². The minimum absolute atomic E-state index is 0.00727. The molecule has 1 aromatic rings. The van der Waals surface area contributed by atoms with Crippen LogP contribution < -0.4 is 10.6 Å². The molecular formula is C14H20BrClN2O. The lowest BCUT2D eigenvalue weighted by molar-refractivity contribution is -0.121. The number of anilines is 1.